The summed E-state index contributed by atoms with van der Waals surface area (Å²) in [5.74, 6) is 0.449. The van der Waals surface area contributed by atoms with E-state index in [4.69, 9.17) is 5.73 Å². The van der Waals surface area contributed by atoms with Gasteiger partial charge in [0, 0.05) is 5.69 Å². The van der Waals surface area contributed by atoms with Gasteiger partial charge in [-0.25, -0.2) is 14.7 Å². The molecule has 28 heavy (non-hydrogen) atoms. The number of benzene rings is 2. The summed E-state index contributed by atoms with van der Waals surface area (Å²) in [4.78, 5) is 8.57. The first kappa shape index (κ1) is 20.3. The fraction of sp³-hybridized carbons (Fsp3) is 0.286. The van der Waals surface area contributed by atoms with Crippen LogP contribution in [0.4, 0.5) is 5.69 Å². The molecule has 1 heterocycles. The fourth-order valence-electron chi connectivity index (χ4n) is 3.60. The van der Waals surface area contributed by atoms with Gasteiger partial charge < -0.3 is 11.1 Å². The van der Waals surface area contributed by atoms with Crippen molar-refractivity contribution in [1.82, 2.24) is 14.8 Å². The lowest BCUT2D eigenvalue weighted by Crippen LogP contribution is -2.24. The number of rotatable bonds is 5. The molecule has 146 valence electrons. The molecule has 0 bridgehead atoms. The van der Waals surface area contributed by atoms with Crippen molar-refractivity contribution in [1.29, 1.82) is 0 Å². The van der Waals surface area contributed by atoms with Crippen molar-refractivity contribution in [2.75, 3.05) is 5.32 Å². The second kappa shape index (κ2) is 9.68. The first-order chi connectivity index (χ1) is 13.3. The lowest BCUT2D eigenvalue weighted by Gasteiger charge is -2.19. The summed E-state index contributed by atoms with van der Waals surface area (Å²) >= 11 is 0. The average molecular weight is 488 g/mol. The predicted molar refractivity (Wildman–Crippen MR) is 123 cm³/mol. The van der Waals surface area contributed by atoms with Crippen LogP contribution in [0.5, 0.6) is 0 Å². The molecular weight excluding hydrogens is 463 g/mol. The van der Waals surface area contributed by atoms with Crippen LogP contribution in [0.1, 0.15) is 35.1 Å². The molecule has 0 unspecified atom stereocenters. The molecule has 2 aromatic carbocycles. The number of hydrogen-bond acceptors (Lipinski definition) is 3. The largest absolute Gasteiger partial charge is 0.370 e. The number of anilines is 1. The number of nitrogens with one attached hydrogen (secondary N) is 1. The zero-order valence-electron chi connectivity index (χ0n) is 15.7. The minimum Gasteiger partial charge on any atom is -0.370 e. The minimum atomic E-state index is 0. The highest BCUT2D eigenvalue weighted by atomic mass is 127. The number of aryl methyl sites for hydroxylation is 1. The molecule has 0 fully saturated rings. The summed E-state index contributed by atoms with van der Waals surface area (Å²) in [5, 5.41) is 7.48. The molecule has 4 rings (SSSR count). The molecule has 1 aliphatic carbocycles. The third kappa shape index (κ3) is 4.89. The molecule has 7 heteroatoms. The van der Waals surface area contributed by atoms with Gasteiger partial charge >= 0.3 is 0 Å². The second-order valence-electron chi connectivity index (χ2n) is 6.84. The molecule has 0 amide bonds. The smallest absolute Gasteiger partial charge is 0.193 e. The molecule has 1 aromatic heterocycles. The Kier molecular flexibility index (Phi) is 7.02. The summed E-state index contributed by atoms with van der Waals surface area (Å²) in [7, 11) is 0. The van der Waals surface area contributed by atoms with Crippen LogP contribution in [-0.2, 0) is 25.9 Å². The summed E-state index contributed by atoms with van der Waals surface area (Å²) in [5.41, 5.74) is 12.4. The van der Waals surface area contributed by atoms with E-state index in [-0.39, 0.29) is 24.0 Å². The van der Waals surface area contributed by atoms with Crippen LogP contribution >= 0.6 is 24.0 Å². The van der Waals surface area contributed by atoms with Gasteiger partial charge in [0.05, 0.1) is 13.1 Å². The van der Waals surface area contributed by atoms with E-state index in [9.17, 15) is 0 Å². The third-order valence-electron chi connectivity index (χ3n) is 5.00. The highest BCUT2D eigenvalue weighted by molar-refractivity contribution is 14.0. The van der Waals surface area contributed by atoms with Gasteiger partial charge in [-0.05, 0) is 54.0 Å². The first-order valence-electron chi connectivity index (χ1n) is 9.36. The van der Waals surface area contributed by atoms with Crippen LogP contribution in [0.2, 0.25) is 0 Å². The molecule has 0 saturated carbocycles. The number of nitrogens with two attached hydrogens (primary N) is 1. The van der Waals surface area contributed by atoms with E-state index in [1.807, 2.05) is 12.1 Å². The summed E-state index contributed by atoms with van der Waals surface area (Å²) in [6, 6.07) is 14.6. The van der Waals surface area contributed by atoms with Gasteiger partial charge in [0.15, 0.2) is 5.96 Å². The van der Waals surface area contributed by atoms with Crippen molar-refractivity contribution >= 4 is 35.6 Å². The lowest BCUT2D eigenvalue weighted by molar-refractivity contribution is 0.679. The fourth-order valence-corrected chi connectivity index (χ4v) is 3.60. The minimum absolute atomic E-state index is 0. The zero-order chi connectivity index (χ0) is 18.5. The SMILES string of the molecule is I.NC(=NCc1ccccc1Cn1cncn1)Nc1cccc2c1CCCC2. The molecule has 0 radical (unpaired) electrons. The van der Waals surface area contributed by atoms with Crippen LogP contribution in [-0.4, -0.2) is 20.7 Å². The number of fused-ring (bicyclic) bond motifs is 1. The predicted octanol–water partition coefficient (Wildman–Crippen LogP) is 3.75. The van der Waals surface area contributed by atoms with E-state index in [0.29, 0.717) is 19.0 Å². The molecular formula is C21H25IN6. The molecule has 0 saturated heterocycles. The van der Waals surface area contributed by atoms with E-state index < -0.39 is 0 Å². The average Bonchev–Trinajstić information content (AvgIpc) is 3.21. The molecule has 0 aliphatic heterocycles. The van der Waals surface area contributed by atoms with Crippen LogP contribution < -0.4 is 11.1 Å². The maximum Gasteiger partial charge on any atom is 0.193 e. The monoisotopic (exact) mass is 488 g/mol. The molecule has 1 aliphatic rings. The number of aliphatic imine (C=N–C) groups is 1. The van der Waals surface area contributed by atoms with E-state index >= 15 is 0 Å². The summed E-state index contributed by atoms with van der Waals surface area (Å²) in [6.07, 6.45) is 8.02. The highest BCUT2D eigenvalue weighted by Crippen LogP contribution is 2.27. The van der Waals surface area contributed by atoms with E-state index in [1.165, 1.54) is 24.0 Å². The van der Waals surface area contributed by atoms with Crippen LogP contribution in [0.3, 0.4) is 0 Å². The Morgan fingerprint density at radius 3 is 2.71 bits per heavy atom. The topological polar surface area (TPSA) is 81.1 Å². The first-order valence-corrected chi connectivity index (χ1v) is 9.36. The van der Waals surface area contributed by atoms with E-state index in [2.05, 4.69) is 50.7 Å². The molecule has 3 N–H and O–H groups in total. The number of guanidine groups is 1. The second-order valence-corrected chi connectivity index (χ2v) is 6.84. The van der Waals surface area contributed by atoms with Crippen molar-refractivity contribution in [2.24, 2.45) is 10.7 Å². The lowest BCUT2D eigenvalue weighted by atomic mass is 9.90. The van der Waals surface area contributed by atoms with Gasteiger partial charge in [0.1, 0.15) is 12.7 Å². The van der Waals surface area contributed by atoms with Crippen molar-refractivity contribution < 1.29 is 0 Å². The Morgan fingerprint density at radius 2 is 1.89 bits per heavy atom. The molecule has 0 spiro atoms. The van der Waals surface area contributed by atoms with Crippen molar-refractivity contribution in [3.8, 4) is 0 Å². The van der Waals surface area contributed by atoms with E-state index in [1.54, 1.807) is 17.3 Å². The van der Waals surface area contributed by atoms with Gasteiger partial charge in [-0.2, -0.15) is 5.10 Å². The van der Waals surface area contributed by atoms with Crippen molar-refractivity contribution in [3.05, 3.63) is 77.4 Å². The van der Waals surface area contributed by atoms with Gasteiger partial charge in [-0.1, -0.05) is 36.4 Å². The summed E-state index contributed by atoms with van der Waals surface area (Å²) < 4.78 is 1.81. The Hall–Kier alpha value is -2.42. The Morgan fingerprint density at radius 1 is 1.07 bits per heavy atom. The molecule has 6 nitrogen and oxygen atoms in total. The quantitative estimate of drug-likeness (QED) is 0.326. The number of nitrogens with zero attached hydrogens (tertiary/aromatic N) is 4. The van der Waals surface area contributed by atoms with Crippen LogP contribution in [0, 0.1) is 0 Å². The normalized spacial score (nSPS) is 13.5. The maximum atomic E-state index is 6.18. The maximum absolute atomic E-state index is 6.18. The van der Waals surface area contributed by atoms with Crippen LogP contribution in [0.15, 0.2) is 60.1 Å². The Balaban J connectivity index is 0.00000225. The van der Waals surface area contributed by atoms with Gasteiger partial charge in [-0.3, -0.25) is 0 Å². The van der Waals surface area contributed by atoms with Gasteiger partial charge in [-0.15, -0.1) is 24.0 Å². The zero-order valence-corrected chi connectivity index (χ0v) is 18.0. The van der Waals surface area contributed by atoms with Crippen molar-refractivity contribution in [2.45, 2.75) is 38.8 Å². The number of halogens is 1. The molecule has 3 aromatic rings. The number of aromatic nitrogens is 3. The molecule has 0 atom stereocenters. The van der Waals surface area contributed by atoms with Gasteiger partial charge in [0.2, 0.25) is 0 Å². The van der Waals surface area contributed by atoms with Crippen molar-refractivity contribution in [3.63, 3.8) is 0 Å². The van der Waals surface area contributed by atoms with Crippen LogP contribution in [0.25, 0.3) is 0 Å². The standard InChI is InChI=1S/C21H24N6.HI/c22-21(26-20-11-5-9-16-6-3-4-10-19(16)20)24-12-17-7-1-2-8-18(17)13-27-15-23-14-25-27;/h1-2,5,7-9,11,14-15H,3-4,6,10,12-13H2,(H3,22,24,26);1H. The third-order valence-corrected chi connectivity index (χ3v) is 5.00. The highest BCUT2D eigenvalue weighted by Gasteiger charge is 2.13. The summed E-state index contributed by atoms with van der Waals surface area (Å²) in [6.45, 7) is 1.20. The number of hydrogen-bond donors (Lipinski definition) is 2. The van der Waals surface area contributed by atoms with Gasteiger partial charge in [0.25, 0.3) is 0 Å². The Bertz CT molecular complexity index is 936. The Labute approximate surface area is 182 Å². The van der Waals surface area contributed by atoms with E-state index in [0.717, 1.165) is 29.7 Å².